The maximum Gasteiger partial charge on any atom is 0.0755 e. The third-order valence-corrected chi connectivity index (χ3v) is 12.8. The van der Waals surface area contributed by atoms with Crippen LogP contribution in [0.25, 0.3) is 60.4 Å². The Morgan fingerprint density at radius 2 is 1.05 bits per heavy atom. The van der Waals surface area contributed by atoms with Gasteiger partial charge in [-0.1, -0.05) is 120 Å². The number of rotatable bonds is 4. The minimum Gasteiger partial charge on any atom is -0.340 e. The van der Waals surface area contributed by atoms with Crippen LogP contribution in [-0.4, -0.2) is 9.13 Å². The van der Waals surface area contributed by atoms with E-state index in [9.17, 15) is 0 Å². The van der Waals surface area contributed by atoms with Crippen molar-refractivity contribution in [3.05, 3.63) is 203 Å². The molecule has 56 heavy (non-hydrogen) atoms. The quantitative estimate of drug-likeness (QED) is 0.177. The van der Waals surface area contributed by atoms with Crippen molar-refractivity contribution in [1.29, 1.82) is 0 Å². The second-order valence-electron chi connectivity index (χ2n) is 15.7. The summed E-state index contributed by atoms with van der Waals surface area (Å²) in [5.74, 6) is 0. The van der Waals surface area contributed by atoms with E-state index in [0.29, 0.717) is 0 Å². The Bertz CT molecular complexity index is 3200. The van der Waals surface area contributed by atoms with Gasteiger partial charge in [0.15, 0.2) is 0 Å². The van der Waals surface area contributed by atoms with Crippen LogP contribution >= 0.6 is 0 Å². The van der Waals surface area contributed by atoms with Gasteiger partial charge in [-0.05, 0) is 115 Å². The first-order valence-electron chi connectivity index (χ1n) is 19.8. The lowest BCUT2D eigenvalue weighted by Crippen LogP contribution is -2.33. The van der Waals surface area contributed by atoms with Crippen molar-refractivity contribution in [3.63, 3.8) is 0 Å². The van der Waals surface area contributed by atoms with Crippen LogP contribution < -0.4 is 4.90 Å². The second-order valence-corrected chi connectivity index (χ2v) is 15.7. The highest BCUT2D eigenvalue weighted by molar-refractivity contribution is 6.27. The van der Waals surface area contributed by atoms with E-state index in [1.165, 1.54) is 93.8 Å². The molecule has 0 bridgehead atoms. The molecule has 0 radical (unpaired) electrons. The molecule has 10 aromatic rings. The van der Waals surface area contributed by atoms with E-state index in [0.717, 1.165) is 23.6 Å². The molecule has 1 atom stereocenters. The zero-order chi connectivity index (χ0) is 37.3. The van der Waals surface area contributed by atoms with Crippen molar-refractivity contribution in [1.82, 2.24) is 9.13 Å². The summed E-state index contributed by atoms with van der Waals surface area (Å²) in [6.07, 6.45) is 0. The largest absolute Gasteiger partial charge is 0.340 e. The van der Waals surface area contributed by atoms with Crippen LogP contribution in [0.15, 0.2) is 170 Å². The topological polar surface area (TPSA) is 13.1 Å². The zero-order valence-corrected chi connectivity index (χ0v) is 31.7. The summed E-state index contributed by atoms with van der Waals surface area (Å²) in [4.78, 5) is 2.43. The molecule has 0 amide bonds. The van der Waals surface area contributed by atoms with Gasteiger partial charge in [-0.2, -0.15) is 0 Å². The molecule has 1 unspecified atom stereocenters. The van der Waals surface area contributed by atoms with Gasteiger partial charge in [-0.3, -0.25) is 0 Å². The molecule has 0 fully saturated rings. The van der Waals surface area contributed by atoms with E-state index in [1.807, 2.05) is 0 Å². The van der Waals surface area contributed by atoms with Gasteiger partial charge in [0, 0.05) is 50.7 Å². The molecule has 3 nitrogen and oxygen atoms in total. The Balaban J connectivity index is 1.27. The minimum absolute atomic E-state index is 0.572. The van der Waals surface area contributed by atoms with Gasteiger partial charge in [0.1, 0.15) is 0 Å². The lowest BCUT2D eigenvalue weighted by atomic mass is 9.65. The number of benzene rings is 8. The van der Waals surface area contributed by atoms with E-state index in [1.54, 1.807) is 0 Å². The molecular formula is C53H39N3. The molecule has 1 spiro atoms. The summed E-state index contributed by atoms with van der Waals surface area (Å²) in [5.41, 5.74) is 19.7. The van der Waals surface area contributed by atoms with Crippen LogP contribution in [0.2, 0.25) is 0 Å². The standard InChI is InChI=1S/C53H39N3/c1-4-54-47-18-10-6-14-40(47)42-32-46-52-50(51(42)54)41-15-7-11-19-48(41)56(52)49-20-12-9-17-44(49)53(46)43-16-8-5-13-38(43)39-30-29-37(31-45(39)53)55(35-25-21-33(2)22-26-35)36-27-23-34(3)24-28-36/h5-32H,4H2,1-3H3. The molecule has 2 aliphatic rings. The number of anilines is 3. The Morgan fingerprint density at radius 3 is 1.79 bits per heavy atom. The average Bonchev–Trinajstić information content (AvgIpc) is 3.86. The molecule has 2 aromatic heterocycles. The predicted octanol–water partition coefficient (Wildman–Crippen LogP) is 13.7. The number of fused-ring (bicyclic) bond motifs is 16. The molecule has 12 rings (SSSR count). The number of aromatic nitrogens is 2. The number of para-hydroxylation sites is 3. The van der Waals surface area contributed by atoms with Gasteiger partial charge in [0.2, 0.25) is 0 Å². The van der Waals surface area contributed by atoms with Crippen LogP contribution in [0.5, 0.6) is 0 Å². The van der Waals surface area contributed by atoms with Crippen LogP contribution in [0.4, 0.5) is 17.1 Å². The Morgan fingerprint density at radius 1 is 0.464 bits per heavy atom. The minimum atomic E-state index is -0.572. The lowest BCUT2D eigenvalue weighted by molar-refractivity contribution is 0.749. The van der Waals surface area contributed by atoms with Gasteiger partial charge in [0.25, 0.3) is 0 Å². The summed E-state index contributed by atoms with van der Waals surface area (Å²) < 4.78 is 5.12. The molecule has 3 heterocycles. The summed E-state index contributed by atoms with van der Waals surface area (Å²) in [7, 11) is 0. The summed E-state index contributed by atoms with van der Waals surface area (Å²) in [5, 5.41) is 5.25. The zero-order valence-electron chi connectivity index (χ0n) is 31.7. The number of aryl methyl sites for hydroxylation is 3. The third kappa shape index (κ3) is 3.92. The van der Waals surface area contributed by atoms with Crippen LogP contribution in [0.1, 0.15) is 40.3 Å². The summed E-state index contributed by atoms with van der Waals surface area (Å²) >= 11 is 0. The molecule has 0 N–H and O–H groups in total. The molecule has 1 aliphatic carbocycles. The molecule has 0 saturated carbocycles. The van der Waals surface area contributed by atoms with Crippen LogP contribution in [0.3, 0.4) is 0 Å². The smallest absolute Gasteiger partial charge is 0.0755 e. The summed E-state index contributed by atoms with van der Waals surface area (Å²) in [6, 6.07) is 64.1. The molecular weight excluding hydrogens is 679 g/mol. The molecule has 1 aliphatic heterocycles. The van der Waals surface area contributed by atoms with Crippen molar-refractivity contribution in [2.45, 2.75) is 32.7 Å². The van der Waals surface area contributed by atoms with Crippen molar-refractivity contribution < 1.29 is 0 Å². The first-order chi connectivity index (χ1) is 27.6. The van der Waals surface area contributed by atoms with Gasteiger partial charge < -0.3 is 14.0 Å². The number of nitrogens with zero attached hydrogens (tertiary/aromatic N) is 3. The molecule has 8 aromatic carbocycles. The van der Waals surface area contributed by atoms with Gasteiger partial charge in [-0.15, -0.1) is 0 Å². The fourth-order valence-electron chi connectivity index (χ4n) is 10.5. The number of hydrogen-bond acceptors (Lipinski definition) is 1. The monoisotopic (exact) mass is 717 g/mol. The highest BCUT2D eigenvalue weighted by Crippen LogP contribution is 2.62. The van der Waals surface area contributed by atoms with Crippen molar-refractivity contribution in [2.75, 3.05) is 4.90 Å². The van der Waals surface area contributed by atoms with Crippen molar-refractivity contribution in [2.24, 2.45) is 0 Å². The van der Waals surface area contributed by atoms with E-state index < -0.39 is 5.41 Å². The Kier molecular flexibility index (Phi) is 6.38. The normalized spacial score (nSPS) is 15.2. The van der Waals surface area contributed by atoms with Gasteiger partial charge in [0.05, 0.1) is 27.7 Å². The Labute approximate surface area is 326 Å². The van der Waals surface area contributed by atoms with E-state index in [2.05, 4.69) is 205 Å². The number of hydrogen-bond donors (Lipinski definition) is 0. The summed E-state index contributed by atoms with van der Waals surface area (Å²) in [6.45, 7) is 7.49. The molecule has 0 saturated heterocycles. The van der Waals surface area contributed by atoms with Gasteiger partial charge >= 0.3 is 0 Å². The molecule has 3 heteroatoms. The molecule has 266 valence electrons. The fraction of sp³-hybridized carbons (Fsp3) is 0.0943. The van der Waals surface area contributed by atoms with Crippen molar-refractivity contribution in [3.8, 4) is 16.8 Å². The third-order valence-electron chi connectivity index (χ3n) is 12.8. The van der Waals surface area contributed by atoms with Crippen LogP contribution in [-0.2, 0) is 12.0 Å². The highest BCUT2D eigenvalue weighted by atomic mass is 15.1. The lowest BCUT2D eigenvalue weighted by Gasteiger charge is -2.40. The predicted molar refractivity (Wildman–Crippen MR) is 234 cm³/mol. The first kappa shape index (κ1) is 31.5. The van der Waals surface area contributed by atoms with E-state index in [4.69, 9.17) is 0 Å². The van der Waals surface area contributed by atoms with Gasteiger partial charge in [-0.25, -0.2) is 0 Å². The van der Waals surface area contributed by atoms with E-state index in [-0.39, 0.29) is 0 Å². The second kappa shape index (κ2) is 11.3. The Hall–Kier alpha value is -6.84. The maximum absolute atomic E-state index is 2.58. The van der Waals surface area contributed by atoms with Crippen LogP contribution in [0, 0.1) is 13.8 Å². The first-order valence-corrected chi connectivity index (χ1v) is 19.8. The fourth-order valence-corrected chi connectivity index (χ4v) is 10.5. The maximum atomic E-state index is 2.58. The SMILES string of the molecule is CCn1c2ccccc2c2cc3c4c(c5ccccc5n4-c4ccccc4C34c3ccccc3-c3ccc(N(c5ccc(C)cc5)c5ccc(C)cc5)cc34)c21. The van der Waals surface area contributed by atoms with E-state index >= 15 is 0 Å². The average molecular weight is 718 g/mol. The van der Waals surface area contributed by atoms with Crippen molar-refractivity contribution >= 4 is 60.7 Å². The highest BCUT2D eigenvalue weighted by Gasteiger charge is 2.51.